The number of ether oxygens (including phenoxy) is 1. The molecule has 1 atom stereocenters. The Morgan fingerprint density at radius 2 is 2.11 bits per heavy atom. The van der Waals surface area contributed by atoms with Crippen LogP contribution < -0.4 is 10.5 Å². The molecular weight excluding hydrogens is 228 g/mol. The summed E-state index contributed by atoms with van der Waals surface area (Å²) in [5.41, 5.74) is 8.97. The first-order valence-electron chi connectivity index (χ1n) is 5.97. The lowest BCUT2D eigenvalue weighted by molar-refractivity contribution is 0.246. The first-order valence-corrected chi connectivity index (χ1v) is 5.97. The molecule has 0 saturated carbocycles. The summed E-state index contributed by atoms with van der Waals surface area (Å²) in [6, 6.07) is 7.80. The maximum atomic E-state index is 5.94. The highest BCUT2D eigenvalue weighted by Crippen LogP contribution is 2.25. The van der Waals surface area contributed by atoms with E-state index in [1.54, 1.807) is 0 Å². The minimum atomic E-state index is -0.0589. The summed E-state index contributed by atoms with van der Waals surface area (Å²) in [6.45, 7) is 6.23. The van der Waals surface area contributed by atoms with Gasteiger partial charge in [-0.3, -0.25) is 0 Å². The molecule has 0 aliphatic heterocycles. The van der Waals surface area contributed by atoms with Crippen LogP contribution in [0.1, 0.15) is 35.5 Å². The van der Waals surface area contributed by atoms with Crippen molar-refractivity contribution >= 4 is 0 Å². The van der Waals surface area contributed by atoms with Gasteiger partial charge in [0, 0.05) is 17.7 Å². The molecule has 1 aromatic heterocycles. The van der Waals surface area contributed by atoms with Gasteiger partial charge in [-0.2, -0.15) is 0 Å². The molecule has 18 heavy (non-hydrogen) atoms. The van der Waals surface area contributed by atoms with Crippen LogP contribution in [0.2, 0.25) is 0 Å². The van der Waals surface area contributed by atoms with Crippen LogP contribution in [0.25, 0.3) is 0 Å². The van der Waals surface area contributed by atoms with Gasteiger partial charge in [-0.1, -0.05) is 22.9 Å². The maximum Gasteiger partial charge on any atom is 0.174 e. The van der Waals surface area contributed by atoms with Crippen molar-refractivity contribution in [2.45, 2.75) is 33.4 Å². The molecule has 0 aliphatic rings. The maximum absolute atomic E-state index is 5.94. The fourth-order valence-corrected chi connectivity index (χ4v) is 1.79. The fourth-order valence-electron chi connectivity index (χ4n) is 1.79. The van der Waals surface area contributed by atoms with Crippen LogP contribution in [-0.4, -0.2) is 5.16 Å². The molecule has 2 N–H and O–H groups in total. The Bertz CT molecular complexity index is 532. The Morgan fingerprint density at radius 1 is 1.33 bits per heavy atom. The van der Waals surface area contributed by atoms with Crippen molar-refractivity contribution in [3.63, 3.8) is 0 Å². The van der Waals surface area contributed by atoms with Gasteiger partial charge in [0.2, 0.25) is 0 Å². The van der Waals surface area contributed by atoms with E-state index in [9.17, 15) is 0 Å². The van der Waals surface area contributed by atoms with E-state index in [2.05, 4.69) is 5.16 Å². The largest absolute Gasteiger partial charge is 0.485 e. The minimum Gasteiger partial charge on any atom is -0.485 e. The third-order valence-corrected chi connectivity index (χ3v) is 2.70. The summed E-state index contributed by atoms with van der Waals surface area (Å²) < 4.78 is 10.8. The van der Waals surface area contributed by atoms with Gasteiger partial charge in [0.05, 0.1) is 5.69 Å². The van der Waals surface area contributed by atoms with E-state index in [-0.39, 0.29) is 6.04 Å². The summed E-state index contributed by atoms with van der Waals surface area (Å²) in [7, 11) is 0. The van der Waals surface area contributed by atoms with E-state index in [1.165, 1.54) is 5.56 Å². The highest BCUT2D eigenvalue weighted by Gasteiger charge is 2.09. The SMILES string of the molecule is Cc1ccc(OCc2cc(C)no2)c(C(C)N)c1. The quantitative estimate of drug-likeness (QED) is 0.901. The van der Waals surface area contributed by atoms with Gasteiger partial charge in [0.1, 0.15) is 12.4 Å². The molecule has 0 bridgehead atoms. The van der Waals surface area contributed by atoms with Crippen molar-refractivity contribution in [1.82, 2.24) is 5.16 Å². The van der Waals surface area contributed by atoms with Gasteiger partial charge in [0.15, 0.2) is 5.76 Å². The van der Waals surface area contributed by atoms with Crippen LogP contribution in [0.5, 0.6) is 5.75 Å². The minimum absolute atomic E-state index is 0.0589. The lowest BCUT2D eigenvalue weighted by atomic mass is 10.1. The molecule has 2 aromatic rings. The van der Waals surface area contributed by atoms with Crippen molar-refractivity contribution in [3.8, 4) is 5.75 Å². The molecule has 4 heteroatoms. The molecule has 0 amide bonds. The van der Waals surface area contributed by atoms with Crippen LogP contribution in [0, 0.1) is 13.8 Å². The normalized spacial score (nSPS) is 12.4. The van der Waals surface area contributed by atoms with E-state index < -0.39 is 0 Å². The third-order valence-electron chi connectivity index (χ3n) is 2.70. The number of aryl methyl sites for hydroxylation is 2. The van der Waals surface area contributed by atoms with Crippen LogP contribution in [0.15, 0.2) is 28.8 Å². The van der Waals surface area contributed by atoms with Crippen molar-refractivity contribution in [1.29, 1.82) is 0 Å². The van der Waals surface area contributed by atoms with Crippen LogP contribution >= 0.6 is 0 Å². The second-order valence-electron chi connectivity index (χ2n) is 4.55. The Morgan fingerprint density at radius 3 is 2.72 bits per heavy atom. The molecule has 96 valence electrons. The van der Waals surface area contributed by atoms with Gasteiger partial charge >= 0.3 is 0 Å². The van der Waals surface area contributed by atoms with Gasteiger partial charge in [-0.25, -0.2) is 0 Å². The summed E-state index contributed by atoms with van der Waals surface area (Å²) in [4.78, 5) is 0. The van der Waals surface area contributed by atoms with E-state index in [4.69, 9.17) is 15.0 Å². The Balaban J connectivity index is 2.13. The third kappa shape index (κ3) is 2.90. The second-order valence-corrected chi connectivity index (χ2v) is 4.55. The average Bonchev–Trinajstić information content (AvgIpc) is 2.73. The molecule has 0 fully saturated rings. The molecule has 0 aliphatic carbocycles. The highest BCUT2D eigenvalue weighted by molar-refractivity contribution is 5.38. The molecule has 0 saturated heterocycles. The van der Waals surface area contributed by atoms with Crippen molar-refractivity contribution in [2.75, 3.05) is 0 Å². The molecular formula is C14H18N2O2. The summed E-state index contributed by atoms with van der Waals surface area (Å²) in [5, 5.41) is 3.82. The van der Waals surface area contributed by atoms with Crippen LogP contribution in [-0.2, 0) is 6.61 Å². The van der Waals surface area contributed by atoms with E-state index in [0.717, 1.165) is 17.0 Å². The molecule has 4 nitrogen and oxygen atoms in total. The number of hydrogen-bond acceptors (Lipinski definition) is 4. The fraction of sp³-hybridized carbons (Fsp3) is 0.357. The number of nitrogens with zero attached hydrogens (tertiary/aromatic N) is 1. The molecule has 1 aromatic carbocycles. The number of hydrogen-bond donors (Lipinski definition) is 1. The first kappa shape index (κ1) is 12.6. The molecule has 1 unspecified atom stereocenters. The zero-order chi connectivity index (χ0) is 13.1. The van der Waals surface area contributed by atoms with Crippen molar-refractivity contribution in [3.05, 3.63) is 46.8 Å². The monoisotopic (exact) mass is 246 g/mol. The van der Waals surface area contributed by atoms with Crippen molar-refractivity contribution in [2.24, 2.45) is 5.73 Å². The smallest absolute Gasteiger partial charge is 0.174 e. The van der Waals surface area contributed by atoms with Crippen molar-refractivity contribution < 1.29 is 9.26 Å². The topological polar surface area (TPSA) is 61.3 Å². The lowest BCUT2D eigenvalue weighted by Crippen LogP contribution is -2.08. The van der Waals surface area contributed by atoms with Gasteiger partial charge in [0.25, 0.3) is 0 Å². The zero-order valence-electron chi connectivity index (χ0n) is 10.9. The van der Waals surface area contributed by atoms with E-state index in [0.29, 0.717) is 12.4 Å². The predicted octanol–water partition coefficient (Wildman–Crippen LogP) is 2.89. The predicted molar refractivity (Wildman–Crippen MR) is 69.4 cm³/mol. The average molecular weight is 246 g/mol. The molecule has 2 rings (SSSR count). The lowest BCUT2D eigenvalue weighted by Gasteiger charge is -2.13. The van der Waals surface area contributed by atoms with E-state index >= 15 is 0 Å². The number of rotatable bonds is 4. The van der Waals surface area contributed by atoms with Crippen LogP contribution in [0.3, 0.4) is 0 Å². The van der Waals surface area contributed by atoms with E-state index in [1.807, 2.05) is 45.0 Å². The Hall–Kier alpha value is -1.81. The Labute approximate surface area is 107 Å². The number of benzene rings is 1. The molecule has 0 spiro atoms. The first-order chi connectivity index (χ1) is 8.56. The van der Waals surface area contributed by atoms with Gasteiger partial charge in [-0.15, -0.1) is 0 Å². The van der Waals surface area contributed by atoms with Gasteiger partial charge in [-0.05, 0) is 26.8 Å². The van der Waals surface area contributed by atoms with Crippen LogP contribution in [0.4, 0.5) is 0 Å². The number of nitrogens with two attached hydrogens (primary N) is 1. The second kappa shape index (κ2) is 5.23. The standard InChI is InChI=1S/C14H18N2O2/c1-9-4-5-14(13(6-9)11(3)15)17-8-12-7-10(2)16-18-12/h4-7,11H,8,15H2,1-3H3. The summed E-state index contributed by atoms with van der Waals surface area (Å²) in [5.74, 6) is 1.51. The Kier molecular flexibility index (Phi) is 3.67. The highest BCUT2D eigenvalue weighted by atomic mass is 16.5. The molecule has 0 radical (unpaired) electrons. The van der Waals surface area contributed by atoms with Gasteiger partial charge < -0.3 is 15.0 Å². The zero-order valence-corrected chi connectivity index (χ0v) is 10.9. The summed E-state index contributed by atoms with van der Waals surface area (Å²) in [6.07, 6.45) is 0. The molecule has 1 heterocycles. The number of aromatic nitrogens is 1. The summed E-state index contributed by atoms with van der Waals surface area (Å²) >= 11 is 0.